The van der Waals surface area contributed by atoms with Crippen molar-refractivity contribution >= 4 is 5.78 Å². The second-order valence-corrected chi connectivity index (χ2v) is 5.16. The van der Waals surface area contributed by atoms with Crippen LogP contribution in [0.4, 0.5) is 0 Å². The number of carbonyl (C=O) groups is 1. The Kier molecular flexibility index (Phi) is 5.51. The highest BCUT2D eigenvalue weighted by molar-refractivity contribution is 5.82. The Morgan fingerprint density at radius 1 is 1.31 bits per heavy atom. The van der Waals surface area contributed by atoms with Crippen molar-refractivity contribution in [2.45, 2.75) is 59.3 Å². The van der Waals surface area contributed by atoms with Gasteiger partial charge in [0.2, 0.25) is 0 Å². The van der Waals surface area contributed by atoms with Crippen molar-refractivity contribution in [1.29, 1.82) is 0 Å². The lowest BCUT2D eigenvalue weighted by Crippen LogP contribution is -2.04. The summed E-state index contributed by atoms with van der Waals surface area (Å²) in [7, 11) is 0. The number of allylic oxidation sites excluding steroid dienone is 4. The molecule has 1 rings (SSSR count). The van der Waals surface area contributed by atoms with Gasteiger partial charge in [0.15, 0.2) is 0 Å². The molecule has 0 spiro atoms. The lowest BCUT2D eigenvalue weighted by Gasteiger charge is -2.05. The fourth-order valence-corrected chi connectivity index (χ4v) is 2.17. The highest BCUT2D eigenvalue weighted by atomic mass is 16.1. The molecule has 1 aliphatic rings. The van der Waals surface area contributed by atoms with E-state index in [0.717, 1.165) is 38.5 Å². The molecule has 90 valence electrons. The van der Waals surface area contributed by atoms with Crippen LogP contribution in [-0.2, 0) is 4.79 Å². The van der Waals surface area contributed by atoms with Gasteiger partial charge in [-0.15, -0.1) is 0 Å². The molecule has 1 saturated carbocycles. The molecule has 0 radical (unpaired) electrons. The van der Waals surface area contributed by atoms with E-state index < -0.39 is 0 Å². The van der Waals surface area contributed by atoms with Gasteiger partial charge in [-0.05, 0) is 52.9 Å². The summed E-state index contributed by atoms with van der Waals surface area (Å²) < 4.78 is 0. The standard InChI is InChI=1S/C15H24O/c1-12(2)6-4-7-13(3)10-11-14-8-5-9-15(14)16/h6,10,14H,4-5,7-9,11H2,1-3H3/b13-10+/t14-/m0/s1. The maximum absolute atomic E-state index is 11.5. The first-order valence-electron chi connectivity index (χ1n) is 6.41. The first-order valence-corrected chi connectivity index (χ1v) is 6.41. The Morgan fingerprint density at radius 2 is 2.06 bits per heavy atom. The van der Waals surface area contributed by atoms with Gasteiger partial charge in [0.25, 0.3) is 0 Å². The van der Waals surface area contributed by atoms with Gasteiger partial charge in [-0.3, -0.25) is 4.79 Å². The zero-order valence-corrected chi connectivity index (χ0v) is 10.9. The summed E-state index contributed by atoms with van der Waals surface area (Å²) in [5.41, 5.74) is 2.82. The van der Waals surface area contributed by atoms with E-state index in [2.05, 4.69) is 32.9 Å². The number of hydrogen-bond donors (Lipinski definition) is 0. The normalized spacial score (nSPS) is 21.3. The fraction of sp³-hybridized carbons (Fsp3) is 0.667. The number of ketones is 1. The van der Waals surface area contributed by atoms with Gasteiger partial charge in [-0.25, -0.2) is 0 Å². The third-order valence-electron chi connectivity index (χ3n) is 3.27. The van der Waals surface area contributed by atoms with E-state index >= 15 is 0 Å². The monoisotopic (exact) mass is 220 g/mol. The van der Waals surface area contributed by atoms with E-state index in [1.54, 1.807) is 0 Å². The van der Waals surface area contributed by atoms with E-state index in [4.69, 9.17) is 0 Å². The van der Waals surface area contributed by atoms with Crippen molar-refractivity contribution in [3.05, 3.63) is 23.3 Å². The van der Waals surface area contributed by atoms with E-state index in [1.807, 2.05) is 0 Å². The van der Waals surface area contributed by atoms with Crippen molar-refractivity contribution in [1.82, 2.24) is 0 Å². The molecule has 1 fully saturated rings. The molecule has 1 atom stereocenters. The van der Waals surface area contributed by atoms with Gasteiger partial charge in [0.05, 0.1) is 0 Å². The van der Waals surface area contributed by atoms with E-state index in [0.29, 0.717) is 11.7 Å². The number of rotatable bonds is 5. The van der Waals surface area contributed by atoms with Crippen LogP contribution in [0.5, 0.6) is 0 Å². The van der Waals surface area contributed by atoms with Crippen molar-refractivity contribution in [2.75, 3.05) is 0 Å². The zero-order chi connectivity index (χ0) is 12.0. The van der Waals surface area contributed by atoms with Crippen LogP contribution in [0.1, 0.15) is 59.3 Å². The molecule has 0 saturated heterocycles. The molecule has 1 heteroatoms. The average Bonchev–Trinajstić information content (AvgIpc) is 2.60. The number of hydrogen-bond acceptors (Lipinski definition) is 1. The molecule has 0 aromatic heterocycles. The average molecular weight is 220 g/mol. The number of carbonyl (C=O) groups excluding carboxylic acids is 1. The molecular weight excluding hydrogens is 196 g/mol. The molecule has 0 unspecified atom stereocenters. The molecule has 1 aliphatic carbocycles. The van der Waals surface area contributed by atoms with Crippen LogP contribution in [0.3, 0.4) is 0 Å². The molecule has 0 heterocycles. The largest absolute Gasteiger partial charge is 0.299 e. The van der Waals surface area contributed by atoms with Gasteiger partial charge in [0, 0.05) is 12.3 Å². The van der Waals surface area contributed by atoms with E-state index in [1.165, 1.54) is 11.1 Å². The maximum Gasteiger partial charge on any atom is 0.136 e. The summed E-state index contributed by atoms with van der Waals surface area (Å²) in [6.45, 7) is 6.45. The minimum atomic E-state index is 0.332. The fourth-order valence-electron chi connectivity index (χ4n) is 2.17. The first kappa shape index (κ1) is 13.2. The summed E-state index contributed by atoms with van der Waals surface area (Å²) in [4.78, 5) is 11.5. The van der Waals surface area contributed by atoms with E-state index in [9.17, 15) is 4.79 Å². The minimum Gasteiger partial charge on any atom is -0.299 e. The Bertz CT molecular complexity index is 293. The van der Waals surface area contributed by atoms with Crippen LogP contribution in [-0.4, -0.2) is 5.78 Å². The molecule has 0 aliphatic heterocycles. The Hall–Kier alpha value is -0.850. The summed E-state index contributed by atoms with van der Waals surface area (Å²) in [5, 5.41) is 0. The van der Waals surface area contributed by atoms with Crippen LogP contribution in [0.2, 0.25) is 0 Å². The van der Waals surface area contributed by atoms with Crippen molar-refractivity contribution in [3.63, 3.8) is 0 Å². The van der Waals surface area contributed by atoms with Crippen molar-refractivity contribution in [3.8, 4) is 0 Å². The summed E-state index contributed by atoms with van der Waals surface area (Å²) >= 11 is 0. The smallest absolute Gasteiger partial charge is 0.136 e. The summed E-state index contributed by atoms with van der Waals surface area (Å²) in [6.07, 6.45) is 10.8. The molecule has 0 aromatic carbocycles. The predicted molar refractivity (Wildman–Crippen MR) is 69.4 cm³/mol. The Balaban J connectivity index is 2.28. The maximum atomic E-state index is 11.5. The molecule has 16 heavy (non-hydrogen) atoms. The first-order chi connectivity index (χ1) is 7.59. The zero-order valence-electron chi connectivity index (χ0n) is 10.9. The summed E-state index contributed by atoms with van der Waals surface area (Å²) in [5.74, 6) is 0.812. The second-order valence-electron chi connectivity index (χ2n) is 5.16. The quantitative estimate of drug-likeness (QED) is 0.626. The molecular formula is C15H24O. The predicted octanol–water partition coefficient (Wildman–Crippen LogP) is 4.44. The lowest BCUT2D eigenvalue weighted by atomic mass is 10.00. The van der Waals surface area contributed by atoms with Crippen LogP contribution in [0.15, 0.2) is 23.3 Å². The highest BCUT2D eigenvalue weighted by Crippen LogP contribution is 2.25. The molecule has 0 aromatic rings. The second kappa shape index (κ2) is 6.67. The van der Waals surface area contributed by atoms with Crippen LogP contribution in [0, 0.1) is 5.92 Å². The van der Waals surface area contributed by atoms with Crippen molar-refractivity contribution in [2.24, 2.45) is 5.92 Å². The molecule has 0 amide bonds. The van der Waals surface area contributed by atoms with Crippen LogP contribution >= 0.6 is 0 Å². The van der Waals surface area contributed by atoms with Crippen LogP contribution < -0.4 is 0 Å². The van der Waals surface area contributed by atoms with Gasteiger partial charge in [-0.1, -0.05) is 23.3 Å². The van der Waals surface area contributed by atoms with Gasteiger partial charge >= 0.3 is 0 Å². The Morgan fingerprint density at radius 3 is 2.62 bits per heavy atom. The summed E-state index contributed by atoms with van der Waals surface area (Å²) in [6, 6.07) is 0. The van der Waals surface area contributed by atoms with Crippen LogP contribution in [0.25, 0.3) is 0 Å². The third kappa shape index (κ3) is 4.78. The van der Waals surface area contributed by atoms with Gasteiger partial charge in [0.1, 0.15) is 5.78 Å². The molecule has 0 N–H and O–H groups in total. The molecule has 0 bridgehead atoms. The lowest BCUT2D eigenvalue weighted by molar-refractivity contribution is -0.120. The van der Waals surface area contributed by atoms with E-state index in [-0.39, 0.29) is 0 Å². The third-order valence-corrected chi connectivity index (χ3v) is 3.27. The molecule has 1 nitrogen and oxygen atoms in total. The van der Waals surface area contributed by atoms with Crippen molar-refractivity contribution < 1.29 is 4.79 Å². The topological polar surface area (TPSA) is 17.1 Å². The van der Waals surface area contributed by atoms with Gasteiger partial charge < -0.3 is 0 Å². The number of Topliss-reactive ketones (excluding diaryl/α,β-unsaturated/α-hetero) is 1. The van der Waals surface area contributed by atoms with Gasteiger partial charge in [-0.2, -0.15) is 0 Å². The Labute approximate surface area is 99.6 Å². The highest BCUT2D eigenvalue weighted by Gasteiger charge is 2.22. The SMILES string of the molecule is CC(C)=CCC/C(C)=C/C[C@@H]1CCCC1=O. The minimum absolute atomic E-state index is 0.332.